The number of nitro groups is 1. The summed E-state index contributed by atoms with van der Waals surface area (Å²) in [5.74, 6) is -2.40. The van der Waals surface area contributed by atoms with E-state index in [0.717, 1.165) is 32.1 Å². The highest BCUT2D eigenvalue weighted by Gasteiger charge is 2.36. The number of hydrogen-bond donors (Lipinski definition) is 2. The van der Waals surface area contributed by atoms with Crippen LogP contribution in [0.4, 0.5) is 11.4 Å². The molecule has 1 fully saturated rings. The Bertz CT molecular complexity index is 782. The highest BCUT2D eigenvalue weighted by molar-refractivity contribution is 5.96. The number of carbonyl (C=O) groups is 2. The zero-order chi connectivity index (χ0) is 24.1. The van der Waals surface area contributed by atoms with Crippen LogP contribution in [-0.2, 0) is 9.59 Å². The molecule has 2 atom stereocenters. The summed E-state index contributed by atoms with van der Waals surface area (Å²) in [6.45, 7) is 2.61. The molecule has 0 heterocycles. The number of non-ortho nitro benzene ring substituents is 1. The molecule has 1 aliphatic carbocycles. The van der Waals surface area contributed by atoms with Crippen molar-refractivity contribution in [1.29, 1.82) is 0 Å². The molecule has 8 heteroatoms. The van der Waals surface area contributed by atoms with Crippen LogP contribution in [0.2, 0.25) is 0 Å². The number of rotatable bonds is 15. The second-order valence-electron chi connectivity index (χ2n) is 8.94. The molecule has 1 amide bonds. The molecule has 2 rings (SSSR count). The normalized spacial score (nSPS) is 18.0. The van der Waals surface area contributed by atoms with Crippen molar-refractivity contribution in [2.24, 2.45) is 11.8 Å². The fourth-order valence-corrected chi connectivity index (χ4v) is 4.41. The van der Waals surface area contributed by atoms with Gasteiger partial charge in [-0.25, -0.2) is 0 Å². The Morgan fingerprint density at radius 3 is 2.24 bits per heavy atom. The van der Waals surface area contributed by atoms with Gasteiger partial charge >= 0.3 is 5.97 Å². The second-order valence-corrected chi connectivity index (χ2v) is 8.94. The van der Waals surface area contributed by atoms with Crippen molar-refractivity contribution in [3.8, 4) is 5.75 Å². The van der Waals surface area contributed by atoms with Gasteiger partial charge in [0.2, 0.25) is 5.91 Å². The number of carbonyl (C=O) groups excluding carboxylic acids is 1. The molecular formula is C25H38N2O6. The van der Waals surface area contributed by atoms with E-state index in [1.54, 1.807) is 0 Å². The molecule has 1 aliphatic rings. The third-order valence-electron chi connectivity index (χ3n) is 6.36. The summed E-state index contributed by atoms with van der Waals surface area (Å²) in [7, 11) is 0. The van der Waals surface area contributed by atoms with E-state index in [2.05, 4.69) is 12.2 Å². The number of amides is 1. The first kappa shape index (κ1) is 26.6. The first-order valence-electron chi connectivity index (χ1n) is 12.4. The summed E-state index contributed by atoms with van der Waals surface area (Å²) in [5, 5.41) is 23.4. The summed E-state index contributed by atoms with van der Waals surface area (Å²) in [5.41, 5.74) is 0.229. The van der Waals surface area contributed by atoms with Crippen molar-refractivity contribution >= 4 is 23.3 Å². The molecule has 1 aromatic carbocycles. The summed E-state index contributed by atoms with van der Waals surface area (Å²) >= 11 is 0. The van der Waals surface area contributed by atoms with Crippen LogP contribution in [0.5, 0.6) is 5.75 Å². The van der Waals surface area contributed by atoms with Crippen LogP contribution >= 0.6 is 0 Å². The number of unbranched alkanes of at least 4 members (excludes halogenated alkanes) is 8. The second kappa shape index (κ2) is 14.5. The molecule has 0 aromatic heterocycles. The maximum atomic E-state index is 12.8. The van der Waals surface area contributed by atoms with Gasteiger partial charge in [0.15, 0.2) is 0 Å². The third kappa shape index (κ3) is 9.02. The van der Waals surface area contributed by atoms with Crippen LogP contribution < -0.4 is 10.1 Å². The number of nitrogens with zero attached hydrogens (tertiary/aromatic N) is 1. The zero-order valence-electron chi connectivity index (χ0n) is 19.7. The molecule has 8 nitrogen and oxygen atoms in total. The largest absolute Gasteiger partial charge is 0.491 e. The number of benzene rings is 1. The Kier molecular flexibility index (Phi) is 11.7. The van der Waals surface area contributed by atoms with Crippen molar-refractivity contribution in [1.82, 2.24) is 0 Å². The minimum Gasteiger partial charge on any atom is -0.491 e. The Morgan fingerprint density at radius 1 is 1.03 bits per heavy atom. The van der Waals surface area contributed by atoms with Gasteiger partial charge in [0.25, 0.3) is 5.69 Å². The first-order valence-corrected chi connectivity index (χ1v) is 12.4. The first-order chi connectivity index (χ1) is 15.9. The number of anilines is 1. The molecule has 0 aliphatic heterocycles. The lowest BCUT2D eigenvalue weighted by atomic mass is 9.78. The van der Waals surface area contributed by atoms with Gasteiger partial charge in [-0.15, -0.1) is 0 Å². The number of carboxylic acid groups (broad SMARTS) is 1. The van der Waals surface area contributed by atoms with Gasteiger partial charge in [-0.1, -0.05) is 71.1 Å². The van der Waals surface area contributed by atoms with Gasteiger partial charge in [-0.3, -0.25) is 19.7 Å². The van der Waals surface area contributed by atoms with Gasteiger partial charge < -0.3 is 15.2 Å². The van der Waals surface area contributed by atoms with E-state index in [9.17, 15) is 24.8 Å². The summed E-state index contributed by atoms with van der Waals surface area (Å²) in [6.07, 6.45) is 13.2. The summed E-state index contributed by atoms with van der Waals surface area (Å²) in [4.78, 5) is 35.1. The van der Waals surface area contributed by atoms with Crippen molar-refractivity contribution in [3.05, 3.63) is 28.3 Å². The molecule has 1 saturated carbocycles. The lowest BCUT2D eigenvalue weighted by Crippen LogP contribution is -2.36. The van der Waals surface area contributed by atoms with Crippen LogP contribution in [-0.4, -0.2) is 28.5 Å². The van der Waals surface area contributed by atoms with E-state index >= 15 is 0 Å². The molecule has 184 valence electrons. The van der Waals surface area contributed by atoms with E-state index in [1.165, 1.54) is 56.7 Å². The number of nitrogens with one attached hydrogen (secondary N) is 1. The van der Waals surface area contributed by atoms with Crippen molar-refractivity contribution in [2.75, 3.05) is 11.9 Å². The lowest BCUT2D eigenvalue weighted by molar-refractivity contribution is -0.384. The molecule has 2 N–H and O–H groups in total. The average Bonchev–Trinajstić information content (AvgIpc) is 2.80. The molecule has 0 saturated heterocycles. The Morgan fingerprint density at radius 2 is 1.64 bits per heavy atom. The standard InChI is InChI=1S/C25H38N2O6/c1-2-3-4-5-6-7-8-9-12-17-33-23-18-19(27(31)32)15-16-22(23)26-24(28)20-13-10-11-14-21(20)25(29)30/h15-16,18,20-21H,2-14,17H2,1H3,(H,26,28)(H,29,30). The summed E-state index contributed by atoms with van der Waals surface area (Å²) < 4.78 is 5.81. The molecule has 0 radical (unpaired) electrons. The fourth-order valence-electron chi connectivity index (χ4n) is 4.41. The number of carboxylic acids is 1. The predicted octanol–water partition coefficient (Wildman–Crippen LogP) is 6.33. The summed E-state index contributed by atoms with van der Waals surface area (Å²) in [6, 6.07) is 4.09. The predicted molar refractivity (Wildman–Crippen MR) is 128 cm³/mol. The van der Waals surface area contributed by atoms with Crippen LogP contribution in [0.25, 0.3) is 0 Å². The quantitative estimate of drug-likeness (QED) is 0.178. The highest BCUT2D eigenvalue weighted by Crippen LogP contribution is 2.34. The van der Waals surface area contributed by atoms with Crippen molar-refractivity contribution in [3.63, 3.8) is 0 Å². The Labute approximate surface area is 196 Å². The number of hydrogen-bond acceptors (Lipinski definition) is 5. The fraction of sp³-hybridized carbons (Fsp3) is 0.680. The maximum absolute atomic E-state index is 12.8. The van der Waals surface area contributed by atoms with Gasteiger partial charge in [0.1, 0.15) is 5.75 Å². The van der Waals surface area contributed by atoms with Gasteiger partial charge in [0.05, 0.1) is 35.1 Å². The van der Waals surface area contributed by atoms with Crippen LogP contribution in [0.3, 0.4) is 0 Å². The third-order valence-corrected chi connectivity index (χ3v) is 6.36. The van der Waals surface area contributed by atoms with Gasteiger partial charge in [0, 0.05) is 6.07 Å². The molecule has 33 heavy (non-hydrogen) atoms. The maximum Gasteiger partial charge on any atom is 0.307 e. The van der Waals surface area contributed by atoms with Crippen LogP contribution in [0, 0.1) is 22.0 Å². The Hall–Kier alpha value is -2.64. The topological polar surface area (TPSA) is 119 Å². The minimum absolute atomic E-state index is 0.115. The van der Waals surface area contributed by atoms with Crippen molar-refractivity contribution in [2.45, 2.75) is 90.4 Å². The average molecular weight is 463 g/mol. The molecule has 0 spiro atoms. The molecule has 0 bridgehead atoms. The van der Waals surface area contributed by atoms with Crippen LogP contribution in [0.1, 0.15) is 90.4 Å². The van der Waals surface area contributed by atoms with Crippen molar-refractivity contribution < 1.29 is 24.4 Å². The SMILES string of the molecule is CCCCCCCCCCCOc1cc([N+](=O)[O-])ccc1NC(=O)C1CCCCC1C(=O)O. The van der Waals surface area contributed by atoms with E-state index in [0.29, 0.717) is 25.1 Å². The number of aliphatic carboxylic acids is 1. The van der Waals surface area contributed by atoms with E-state index in [-0.39, 0.29) is 17.3 Å². The molecule has 1 aromatic rings. The van der Waals surface area contributed by atoms with Gasteiger partial charge in [-0.05, 0) is 25.3 Å². The van der Waals surface area contributed by atoms with E-state index in [4.69, 9.17) is 4.74 Å². The highest BCUT2D eigenvalue weighted by atomic mass is 16.6. The molecule has 2 unspecified atom stereocenters. The van der Waals surface area contributed by atoms with E-state index in [1.807, 2.05) is 0 Å². The zero-order valence-corrected chi connectivity index (χ0v) is 19.7. The minimum atomic E-state index is -0.958. The number of nitro benzene ring substituents is 1. The van der Waals surface area contributed by atoms with E-state index < -0.39 is 22.7 Å². The molecular weight excluding hydrogens is 424 g/mol. The monoisotopic (exact) mass is 462 g/mol. The Balaban J connectivity index is 1.90. The smallest absolute Gasteiger partial charge is 0.307 e. The lowest BCUT2D eigenvalue weighted by Gasteiger charge is -2.27. The van der Waals surface area contributed by atoms with Gasteiger partial charge in [-0.2, -0.15) is 0 Å². The number of ether oxygens (including phenoxy) is 1. The van der Waals surface area contributed by atoms with Crippen LogP contribution in [0.15, 0.2) is 18.2 Å².